The van der Waals surface area contributed by atoms with Gasteiger partial charge in [-0.15, -0.1) is 5.10 Å². The van der Waals surface area contributed by atoms with Crippen LogP contribution in [0, 0.1) is 11.7 Å². The Labute approximate surface area is 245 Å². The minimum Gasteiger partial charge on any atom is -0.494 e. The van der Waals surface area contributed by atoms with Crippen LogP contribution in [0.1, 0.15) is 40.9 Å². The van der Waals surface area contributed by atoms with Gasteiger partial charge in [0, 0.05) is 47.9 Å². The number of aromatic nitrogens is 6. The van der Waals surface area contributed by atoms with Crippen LogP contribution in [0.15, 0.2) is 61.1 Å². The van der Waals surface area contributed by atoms with Gasteiger partial charge in [0.05, 0.1) is 25.5 Å². The van der Waals surface area contributed by atoms with Crippen LogP contribution in [0.5, 0.6) is 11.5 Å². The van der Waals surface area contributed by atoms with Crippen molar-refractivity contribution in [3.05, 3.63) is 83.7 Å². The van der Waals surface area contributed by atoms with Gasteiger partial charge in [0.2, 0.25) is 0 Å². The maximum Gasteiger partial charge on any atom is 0.251 e. The van der Waals surface area contributed by atoms with Crippen LogP contribution in [-0.4, -0.2) is 60.5 Å². The molecule has 0 saturated heterocycles. The Bertz CT molecular complexity index is 1900. The summed E-state index contributed by atoms with van der Waals surface area (Å²) in [7, 11) is 3.34. The fraction of sp³-hybridized carbons (Fsp3) is 0.323. The Morgan fingerprint density at radius 2 is 2.07 bits per heavy atom. The molecule has 0 bridgehead atoms. The summed E-state index contributed by atoms with van der Waals surface area (Å²) in [5, 5.41) is 28.7. The standard InChI is InChI=1S/C31H28FN7O4/c1-38-15-19-11-18(12-23(42-2)26(19)36-38)29(40)33-16-31(41,20-5-6-20)24-13-22-28(27(35-24)17-3-7-21(32)8-4-17)43-25-14-30(22,25)39-10-9-34-37-39/h3-4,7-13,15,20,25,41H,5-6,14,16H2,1-2H3,(H,33,40)/t25?,30-,31?/m1/s1. The maximum absolute atomic E-state index is 13.9. The zero-order valence-electron chi connectivity index (χ0n) is 23.5. The molecule has 2 saturated carbocycles. The lowest BCUT2D eigenvalue weighted by atomic mass is 9.89. The van der Waals surface area contributed by atoms with Gasteiger partial charge >= 0.3 is 0 Å². The van der Waals surface area contributed by atoms with Gasteiger partial charge < -0.3 is 19.9 Å². The zero-order valence-corrected chi connectivity index (χ0v) is 23.5. The molecule has 12 heteroatoms. The number of aryl methyl sites for hydroxylation is 1. The largest absolute Gasteiger partial charge is 0.494 e. The minimum absolute atomic E-state index is 0.0564. The summed E-state index contributed by atoms with van der Waals surface area (Å²) in [6, 6.07) is 11.3. The number of methoxy groups -OCH3 is 1. The smallest absolute Gasteiger partial charge is 0.251 e. The van der Waals surface area contributed by atoms with E-state index < -0.39 is 11.1 Å². The number of amides is 1. The topological polar surface area (TPSA) is 129 Å². The van der Waals surface area contributed by atoms with E-state index in [0.717, 1.165) is 23.8 Å². The fourth-order valence-corrected chi connectivity index (χ4v) is 6.40. The highest BCUT2D eigenvalue weighted by Crippen LogP contribution is 2.62. The van der Waals surface area contributed by atoms with Gasteiger partial charge in [-0.05, 0) is 61.2 Å². The van der Waals surface area contributed by atoms with Gasteiger partial charge in [0.15, 0.2) is 5.75 Å². The van der Waals surface area contributed by atoms with Crippen molar-refractivity contribution in [3.8, 4) is 22.8 Å². The summed E-state index contributed by atoms with van der Waals surface area (Å²) < 4.78 is 29.2. The highest BCUT2D eigenvalue weighted by molar-refractivity contribution is 5.99. The Hall–Kier alpha value is -4.84. The van der Waals surface area contributed by atoms with E-state index in [1.807, 2.05) is 12.3 Å². The molecule has 1 aliphatic heterocycles. The number of rotatable bonds is 8. The summed E-state index contributed by atoms with van der Waals surface area (Å²) in [6.07, 6.45) is 7.37. The highest BCUT2D eigenvalue weighted by Gasteiger charge is 2.67. The number of ether oxygens (including phenoxy) is 2. The Morgan fingerprint density at radius 3 is 2.79 bits per heavy atom. The molecular weight excluding hydrogens is 553 g/mol. The number of nitrogens with zero attached hydrogens (tertiary/aromatic N) is 6. The third-order valence-electron chi connectivity index (χ3n) is 8.90. The van der Waals surface area contributed by atoms with E-state index in [4.69, 9.17) is 14.5 Å². The molecule has 0 spiro atoms. The fourth-order valence-electron chi connectivity index (χ4n) is 6.40. The lowest BCUT2D eigenvalue weighted by molar-refractivity contribution is 0.00945. The SMILES string of the molecule is COc1cc(C(=O)NCC(O)(c2cc3c(c(-c4ccc(F)cc4)n2)OC2C[C@@]32n2ccnn2)C2CC2)cc2cn(C)nc12. The van der Waals surface area contributed by atoms with Crippen molar-refractivity contribution in [1.82, 2.24) is 35.1 Å². The van der Waals surface area contributed by atoms with Crippen LogP contribution >= 0.6 is 0 Å². The Kier molecular flexibility index (Phi) is 5.45. The molecule has 5 aromatic rings. The number of hydrogen-bond acceptors (Lipinski definition) is 8. The molecule has 2 N–H and O–H groups in total. The van der Waals surface area contributed by atoms with Crippen LogP contribution in [-0.2, 0) is 18.2 Å². The van der Waals surface area contributed by atoms with Crippen molar-refractivity contribution in [2.75, 3.05) is 13.7 Å². The van der Waals surface area contributed by atoms with Crippen LogP contribution < -0.4 is 14.8 Å². The molecule has 2 fully saturated rings. The van der Waals surface area contributed by atoms with E-state index >= 15 is 0 Å². The average Bonchev–Trinajstić information content (AvgIpc) is 3.84. The molecule has 11 nitrogen and oxygen atoms in total. The zero-order chi connectivity index (χ0) is 29.5. The lowest BCUT2D eigenvalue weighted by Gasteiger charge is -2.30. The second-order valence-electron chi connectivity index (χ2n) is 11.6. The predicted molar refractivity (Wildman–Crippen MR) is 152 cm³/mol. The van der Waals surface area contributed by atoms with Crippen molar-refractivity contribution >= 4 is 16.8 Å². The minimum atomic E-state index is -1.46. The summed E-state index contributed by atoms with van der Waals surface area (Å²) in [6.45, 7) is -0.0564. The average molecular weight is 582 g/mol. The first kappa shape index (κ1) is 25.8. The van der Waals surface area contributed by atoms with Crippen molar-refractivity contribution < 1.29 is 23.8 Å². The summed E-state index contributed by atoms with van der Waals surface area (Å²) in [4.78, 5) is 18.4. The van der Waals surface area contributed by atoms with Crippen molar-refractivity contribution in [3.63, 3.8) is 0 Å². The number of pyridine rings is 1. The van der Waals surface area contributed by atoms with E-state index in [0.29, 0.717) is 46.0 Å². The second-order valence-corrected chi connectivity index (χ2v) is 11.6. The van der Waals surface area contributed by atoms with E-state index in [9.17, 15) is 14.3 Å². The van der Waals surface area contributed by atoms with Gasteiger partial charge in [0.25, 0.3) is 5.91 Å². The van der Waals surface area contributed by atoms with Crippen LogP contribution in [0.2, 0.25) is 0 Å². The predicted octanol–water partition coefficient (Wildman–Crippen LogP) is 3.31. The van der Waals surface area contributed by atoms with Gasteiger partial charge in [-0.25, -0.2) is 14.1 Å². The molecule has 2 aromatic carbocycles. The van der Waals surface area contributed by atoms with Crippen LogP contribution in [0.25, 0.3) is 22.2 Å². The molecule has 3 atom stereocenters. The molecule has 8 rings (SSSR count). The summed E-state index contributed by atoms with van der Waals surface area (Å²) >= 11 is 0. The molecule has 43 heavy (non-hydrogen) atoms. The molecule has 3 aliphatic rings. The molecule has 3 aromatic heterocycles. The summed E-state index contributed by atoms with van der Waals surface area (Å²) in [5.41, 5.74) is 1.45. The monoisotopic (exact) mass is 581 g/mol. The number of carbonyl (C=O) groups is 1. The van der Waals surface area contributed by atoms with Crippen LogP contribution in [0.3, 0.4) is 0 Å². The highest BCUT2D eigenvalue weighted by atomic mass is 19.1. The van der Waals surface area contributed by atoms with Gasteiger partial charge in [-0.1, -0.05) is 5.21 Å². The van der Waals surface area contributed by atoms with Crippen molar-refractivity contribution in [2.45, 2.75) is 36.5 Å². The number of nitrogens with one attached hydrogen (secondary N) is 1. The first-order valence-corrected chi connectivity index (χ1v) is 14.2. The molecule has 2 aliphatic carbocycles. The number of benzene rings is 2. The maximum atomic E-state index is 13.9. The van der Waals surface area contributed by atoms with Crippen molar-refractivity contribution in [1.29, 1.82) is 0 Å². The Balaban J connectivity index is 1.19. The third-order valence-corrected chi connectivity index (χ3v) is 8.90. The summed E-state index contributed by atoms with van der Waals surface area (Å²) in [5.74, 6) is 0.253. The second kappa shape index (κ2) is 9.08. The number of fused-ring (bicyclic) bond motifs is 4. The van der Waals surface area contributed by atoms with Crippen molar-refractivity contribution in [2.24, 2.45) is 13.0 Å². The van der Waals surface area contributed by atoms with Gasteiger partial charge in [-0.3, -0.25) is 9.48 Å². The Morgan fingerprint density at radius 1 is 1.26 bits per heavy atom. The van der Waals surface area contributed by atoms with Gasteiger partial charge in [-0.2, -0.15) is 5.10 Å². The van der Waals surface area contributed by atoms with E-state index in [2.05, 4.69) is 20.7 Å². The number of hydrogen-bond donors (Lipinski definition) is 2. The molecular formula is C31H28FN7O4. The number of aliphatic hydroxyl groups is 1. The molecule has 0 radical (unpaired) electrons. The normalized spacial score (nSPS) is 21.5. The first-order valence-electron chi connectivity index (χ1n) is 14.2. The molecule has 2 unspecified atom stereocenters. The van der Waals surface area contributed by atoms with E-state index in [1.54, 1.807) is 53.1 Å². The van der Waals surface area contributed by atoms with Gasteiger partial charge in [0.1, 0.15) is 40.0 Å². The molecule has 218 valence electrons. The van der Waals surface area contributed by atoms with E-state index in [-0.39, 0.29) is 30.3 Å². The number of halogens is 1. The third kappa shape index (κ3) is 3.93. The molecule has 1 amide bonds. The van der Waals surface area contributed by atoms with Crippen LogP contribution in [0.4, 0.5) is 4.39 Å². The number of carbonyl (C=O) groups excluding carboxylic acids is 1. The lowest BCUT2D eigenvalue weighted by Crippen LogP contribution is -2.43. The quantitative estimate of drug-likeness (QED) is 0.286. The molecule has 4 heterocycles. The first-order chi connectivity index (χ1) is 20.8. The van der Waals surface area contributed by atoms with E-state index in [1.165, 1.54) is 19.2 Å².